The van der Waals surface area contributed by atoms with Crippen molar-refractivity contribution in [3.8, 4) is 11.8 Å². The molecule has 0 aliphatic rings. The van der Waals surface area contributed by atoms with Gasteiger partial charge in [-0.3, -0.25) is 4.79 Å². The zero-order valence-corrected chi connectivity index (χ0v) is 10.2. The first-order valence-electron chi connectivity index (χ1n) is 5.52. The molecule has 0 heterocycles. The number of carbonyl (C=O) groups excluding carboxylic acids is 1. The van der Waals surface area contributed by atoms with Gasteiger partial charge in [-0.1, -0.05) is 18.8 Å². The number of aliphatic hydroxyl groups excluding tert-OH is 1. The Kier molecular flexibility index (Phi) is 8.59. The standard InChI is InChI=1S/C12H20O4/c1-4-8-16-12(14)7-9-15-11(3)6-5-10(2)13/h10-11,13H,4,7-9H2,1-3H3. The number of aliphatic hydroxyl groups is 1. The van der Waals surface area contributed by atoms with Crippen molar-refractivity contribution in [2.75, 3.05) is 13.2 Å². The molecule has 0 rings (SSSR count). The van der Waals surface area contributed by atoms with E-state index in [1.807, 2.05) is 6.92 Å². The van der Waals surface area contributed by atoms with Gasteiger partial charge in [0.25, 0.3) is 0 Å². The lowest BCUT2D eigenvalue weighted by molar-refractivity contribution is -0.145. The summed E-state index contributed by atoms with van der Waals surface area (Å²) in [6.07, 6.45) is 0.123. The summed E-state index contributed by atoms with van der Waals surface area (Å²) in [7, 11) is 0. The molecule has 0 fully saturated rings. The Morgan fingerprint density at radius 1 is 1.31 bits per heavy atom. The molecule has 0 saturated heterocycles. The Morgan fingerprint density at radius 3 is 2.56 bits per heavy atom. The van der Waals surface area contributed by atoms with Gasteiger partial charge < -0.3 is 14.6 Å². The van der Waals surface area contributed by atoms with E-state index in [1.165, 1.54) is 0 Å². The lowest BCUT2D eigenvalue weighted by atomic mass is 10.3. The first kappa shape index (κ1) is 14.9. The first-order valence-corrected chi connectivity index (χ1v) is 5.52. The second kappa shape index (κ2) is 9.20. The van der Waals surface area contributed by atoms with Crippen LogP contribution in [0, 0.1) is 11.8 Å². The highest BCUT2D eigenvalue weighted by atomic mass is 16.5. The van der Waals surface area contributed by atoms with E-state index in [4.69, 9.17) is 14.6 Å². The van der Waals surface area contributed by atoms with Crippen LogP contribution in [0.25, 0.3) is 0 Å². The third-order valence-electron chi connectivity index (χ3n) is 1.64. The van der Waals surface area contributed by atoms with Crippen LogP contribution in [0.15, 0.2) is 0 Å². The molecule has 0 aromatic heterocycles. The fourth-order valence-electron chi connectivity index (χ4n) is 0.887. The van der Waals surface area contributed by atoms with E-state index in [1.54, 1.807) is 13.8 Å². The normalized spacial score (nSPS) is 13.5. The maximum absolute atomic E-state index is 11.1. The van der Waals surface area contributed by atoms with Crippen LogP contribution in [0.4, 0.5) is 0 Å². The van der Waals surface area contributed by atoms with Gasteiger partial charge in [-0.2, -0.15) is 0 Å². The quantitative estimate of drug-likeness (QED) is 0.546. The molecular weight excluding hydrogens is 208 g/mol. The van der Waals surface area contributed by atoms with E-state index >= 15 is 0 Å². The molecule has 1 N–H and O–H groups in total. The molecule has 2 atom stereocenters. The Bertz CT molecular complexity index is 249. The van der Waals surface area contributed by atoms with Crippen molar-refractivity contribution in [1.29, 1.82) is 0 Å². The van der Waals surface area contributed by atoms with E-state index in [0.717, 1.165) is 6.42 Å². The molecule has 0 aliphatic heterocycles. The van der Waals surface area contributed by atoms with E-state index in [0.29, 0.717) is 6.61 Å². The van der Waals surface area contributed by atoms with Gasteiger partial charge in [0.2, 0.25) is 0 Å². The SMILES string of the molecule is CCCOC(=O)CCOC(C)C#CC(C)O. The third kappa shape index (κ3) is 9.50. The third-order valence-corrected chi connectivity index (χ3v) is 1.64. The van der Waals surface area contributed by atoms with Crippen LogP contribution in [0.3, 0.4) is 0 Å². The van der Waals surface area contributed by atoms with Crippen molar-refractivity contribution in [2.24, 2.45) is 0 Å². The summed E-state index contributed by atoms with van der Waals surface area (Å²) in [6, 6.07) is 0. The van der Waals surface area contributed by atoms with Crippen molar-refractivity contribution in [3.63, 3.8) is 0 Å². The molecular formula is C12H20O4. The van der Waals surface area contributed by atoms with Gasteiger partial charge in [0.05, 0.1) is 19.6 Å². The molecule has 16 heavy (non-hydrogen) atoms. The summed E-state index contributed by atoms with van der Waals surface area (Å²) < 4.78 is 10.1. The Balaban J connectivity index is 3.59. The number of esters is 1. The summed E-state index contributed by atoms with van der Waals surface area (Å²) in [5.41, 5.74) is 0. The highest BCUT2D eigenvalue weighted by Gasteiger charge is 2.03. The van der Waals surface area contributed by atoms with Gasteiger partial charge in [-0.15, -0.1) is 0 Å². The summed E-state index contributed by atoms with van der Waals surface area (Å²) in [4.78, 5) is 11.1. The summed E-state index contributed by atoms with van der Waals surface area (Å²) in [5.74, 6) is 5.05. The minimum absolute atomic E-state index is 0.237. The van der Waals surface area contributed by atoms with Crippen molar-refractivity contribution in [2.45, 2.75) is 45.8 Å². The highest BCUT2D eigenvalue weighted by molar-refractivity contribution is 5.69. The van der Waals surface area contributed by atoms with Crippen LogP contribution in [0.2, 0.25) is 0 Å². The summed E-state index contributed by atoms with van der Waals surface area (Å²) in [6.45, 7) is 6.04. The fourth-order valence-corrected chi connectivity index (χ4v) is 0.887. The molecule has 4 heteroatoms. The summed E-state index contributed by atoms with van der Waals surface area (Å²) in [5, 5.41) is 8.91. The second-order valence-electron chi connectivity index (χ2n) is 3.45. The maximum Gasteiger partial charge on any atom is 0.308 e. The van der Waals surface area contributed by atoms with Crippen molar-refractivity contribution >= 4 is 5.97 Å². The highest BCUT2D eigenvalue weighted by Crippen LogP contribution is 1.94. The average molecular weight is 228 g/mol. The molecule has 0 aromatic carbocycles. The average Bonchev–Trinajstić information content (AvgIpc) is 2.23. The van der Waals surface area contributed by atoms with E-state index < -0.39 is 6.10 Å². The molecule has 0 saturated carbocycles. The molecule has 0 bridgehead atoms. The Labute approximate surface area is 96.9 Å². The fraction of sp³-hybridized carbons (Fsp3) is 0.750. The Morgan fingerprint density at radius 2 is 2.00 bits per heavy atom. The predicted molar refractivity (Wildman–Crippen MR) is 60.7 cm³/mol. The van der Waals surface area contributed by atoms with Gasteiger partial charge in [0.15, 0.2) is 0 Å². The number of ether oxygens (including phenoxy) is 2. The first-order chi connectivity index (χ1) is 7.56. The van der Waals surface area contributed by atoms with Crippen molar-refractivity contribution in [1.82, 2.24) is 0 Å². The minimum Gasteiger partial charge on any atom is -0.466 e. The smallest absolute Gasteiger partial charge is 0.308 e. The summed E-state index contributed by atoms with van der Waals surface area (Å²) >= 11 is 0. The van der Waals surface area contributed by atoms with Gasteiger partial charge >= 0.3 is 5.97 Å². The van der Waals surface area contributed by atoms with Crippen LogP contribution >= 0.6 is 0 Å². The zero-order chi connectivity index (χ0) is 12.4. The van der Waals surface area contributed by atoms with Crippen molar-refractivity contribution < 1.29 is 19.4 Å². The molecule has 0 aromatic rings. The Hall–Kier alpha value is -1.05. The molecule has 0 aliphatic carbocycles. The zero-order valence-electron chi connectivity index (χ0n) is 10.2. The number of hydrogen-bond acceptors (Lipinski definition) is 4. The van der Waals surface area contributed by atoms with Crippen molar-refractivity contribution in [3.05, 3.63) is 0 Å². The van der Waals surface area contributed by atoms with Crippen LogP contribution in [0.1, 0.15) is 33.6 Å². The molecule has 0 amide bonds. The molecule has 92 valence electrons. The lowest BCUT2D eigenvalue weighted by Crippen LogP contribution is -2.13. The maximum atomic E-state index is 11.1. The van der Waals surface area contributed by atoms with E-state index in [2.05, 4.69) is 11.8 Å². The topological polar surface area (TPSA) is 55.8 Å². The largest absolute Gasteiger partial charge is 0.466 e. The number of rotatable bonds is 6. The monoisotopic (exact) mass is 228 g/mol. The molecule has 4 nitrogen and oxygen atoms in total. The second-order valence-corrected chi connectivity index (χ2v) is 3.45. The van der Waals surface area contributed by atoms with Gasteiger partial charge in [0, 0.05) is 0 Å². The van der Waals surface area contributed by atoms with Crippen LogP contribution in [0.5, 0.6) is 0 Å². The molecule has 0 spiro atoms. The van der Waals surface area contributed by atoms with Crippen LogP contribution < -0.4 is 0 Å². The van der Waals surface area contributed by atoms with E-state index in [-0.39, 0.29) is 25.1 Å². The van der Waals surface area contributed by atoms with Crippen LogP contribution in [-0.4, -0.2) is 36.5 Å². The number of carbonyl (C=O) groups is 1. The van der Waals surface area contributed by atoms with Crippen LogP contribution in [-0.2, 0) is 14.3 Å². The van der Waals surface area contributed by atoms with Gasteiger partial charge in [-0.25, -0.2) is 0 Å². The lowest BCUT2D eigenvalue weighted by Gasteiger charge is -2.06. The predicted octanol–water partition coefficient (Wildman–Crippen LogP) is 1.12. The van der Waals surface area contributed by atoms with E-state index in [9.17, 15) is 4.79 Å². The van der Waals surface area contributed by atoms with Gasteiger partial charge in [0.1, 0.15) is 12.2 Å². The minimum atomic E-state index is -0.652. The molecule has 2 unspecified atom stereocenters. The van der Waals surface area contributed by atoms with Gasteiger partial charge in [-0.05, 0) is 20.3 Å². The number of hydrogen-bond donors (Lipinski definition) is 1. The molecule has 0 radical (unpaired) electrons.